The molecule has 0 aromatic heterocycles. The molecule has 4 nitrogen and oxygen atoms in total. The van der Waals surface area contributed by atoms with Gasteiger partial charge in [-0.1, -0.05) is 41.9 Å². The van der Waals surface area contributed by atoms with E-state index in [4.69, 9.17) is 16.3 Å². The van der Waals surface area contributed by atoms with Gasteiger partial charge in [-0.3, -0.25) is 4.79 Å². The van der Waals surface area contributed by atoms with Gasteiger partial charge in [-0.2, -0.15) is 0 Å². The Morgan fingerprint density at radius 3 is 2.46 bits per heavy atom. The molecule has 0 aliphatic carbocycles. The molecule has 3 aromatic rings. The van der Waals surface area contributed by atoms with E-state index < -0.39 is 11.9 Å². The second-order valence-electron chi connectivity index (χ2n) is 6.28. The molecule has 0 heterocycles. The van der Waals surface area contributed by atoms with Crippen molar-refractivity contribution in [3.8, 4) is 5.75 Å². The van der Waals surface area contributed by atoms with Crippen LogP contribution in [0.4, 0.5) is 15.8 Å². The molecule has 3 rings (SSSR count). The fraction of sp³-hybridized carbons (Fsp3) is 0.136. The third kappa shape index (κ3) is 5.47. The highest BCUT2D eigenvalue weighted by Gasteiger charge is 2.14. The Morgan fingerprint density at radius 1 is 1.07 bits per heavy atom. The Balaban J connectivity index is 1.53. The maximum Gasteiger partial charge on any atom is 0.246 e. The van der Waals surface area contributed by atoms with Crippen molar-refractivity contribution >= 4 is 28.9 Å². The Labute approximate surface area is 168 Å². The van der Waals surface area contributed by atoms with Crippen molar-refractivity contribution < 1.29 is 13.9 Å². The molecule has 1 atom stereocenters. The van der Waals surface area contributed by atoms with Crippen LogP contribution < -0.4 is 15.4 Å². The zero-order valence-electron chi connectivity index (χ0n) is 15.3. The molecule has 0 radical (unpaired) electrons. The Bertz CT molecular complexity index is 933. The summed E-state index contributed by atoms with van der Waals surface area (Å²) in [5.41, 5.74) is 2.24. The molecule has 3 aromatic carbocycles. The fourth-order valence-corrected chi connectivity index (χ4v) is 2.75. The first-order chi connectivity index (χ1) is 13.5. The lowest BCUT2D eigenvalue weighted by Crippen LogP contribution is -2.31. The molecule has 2 N–H and O–H groups in total. The average molecular weight is 399 g/mol. The number of amides is 1. The van der Waals surface area contributed by atoms with Crippen molar-refractivity contribution in [2.75, 3.05) is 10.6 Å². The van der Waals surface area contributed by atoms with E-state index in [0.29, 0.717) is 12.3 Å². The minimum Gasteiger partial charge on any atom is -0.489 e. The Morgan fingerprint density at radius 2 is 1.79 bits per heavy atom. The number of carbonyl (C=O) groups is 1. The van der Waals surface area contributed by atoms with Crippen LogP contribution in [0, 0.1) is 5.82 Å². The number of benzene rings is 3. The summed E-state index contributed by atoms with van der Waals surface area (Å²) >= 11 is 5.94. The molecule has 6 heteroatoms. The monoisotopic (exact) mass is 398 g/mol. The predicted molar refractivity (Wildman–Crippen MR) is 110 cm³/mol. The van der Waals surface area contributed by atoms with E-state index in [0.717, 1.165) is 23.1 Å². The molecule has 28 heavy (non-hydrogen) atoms. The normalized spacial score (nSPS) is 11.5. The minimum absolute atomic E-state index is 0.153. The summed E-state index contributed by atoms with van der Waals surface area (Å²) in [5.74, 6) is 0.00580. The van der Waals surface area contributed by atoms with Crippen molar-refractivity contribution in [1.29, 1.82) is 0 Å². The first kappa shape index (κ1) is 19.7. The molecule has 0 aliphatic heterocycles. The number of carbonyl (C=O) groups excluding carboxylic acids is 1. The van der Waals surface area contributed by atoms with Gasteiger partial charge in [-0.05, 0) is 55.0 Å². The highest BCUT2D eigenvalue weighted by atomic mass is 35.5. The van der Waals surface area contributed by atoms with Gasteiger partial charge in [0, 0.05) is 5.69 Å². The Kier molecular flexibility index (Phi) is 6.50. The lowest BCUT2D eigenvalue weighted by Gasteiger charge is -2.16. The van der Waals surface area contributed by atoms with E-state index in [1.165, 1.54) is 12.1 Å². The number of nitrogens with one attached hydrogen (secondary N) is 2. The van der Waals surface area contributed by atoms with E-state index in [-0.39, 0.29) is 10.9 Å². The van der Waals surface area contributed by atoms with E-state index in [2.05, 4.69) is 10.6 Å². The first-order valence-corrected chi connectivity index (χ1v) is 9.18. The molecular weight excluding hydrogens is 379 g/mol. The molecule has 0 saturated carbocycles. The van der Waals surface area contributed by atoms with Crippen LogP contribution in [0.1, 0.15) is 12.5 Å². The van der Waals surface area contributed by atoms with Crippen LogP contribution in [0.3, 0.4) is 0 Å². The second-order valence-corrected chi connectivity index (χ2v) is 6.69. The highest BCUT2D eigenvalue weighted by Crippen LogP contribution is 2.23. The smallest absolute Gasteiger partial charge is 0.246 e. The van der Waals surface area contributed by atoms with Crippen LogP contribution in [-0.4, -0.2) is 11.9 Å². The molecule has 0 fully saturated rings. The van der Waals surface area contributed by atoms with Crippen LogP contribution >= 0.6 is 11.6 Å². The average Bonchev–Trinajstić information content (AvgIpc) is 2.70. The van der Waals surface area contributed by atoms with Crippen LogP contribution in [0.5, 0.6) is 5.75 Å². The molecule has 0 aliphatic rings. The van der Waals surface area contributed by atoms with Crippen LogP contribution in [0.2, 0.25) is 5.02 Å². The summed E-state index contributed by atoms with van der Waals surface area (Å²) < 4.78 is 18.8. The summed E-state index contributed by atoms with van der Waals surface area (Å²) in [4.78, 5) is 12.3. The number of hydrogen-bond acceptors (Lipinski definition) is 3. The van der Waals surface area contributed by atoms with E-state index in [9.17, 15) is 9.18 Å². The van der Waals surface area contributed by atoms with Crippen LogP contribution in [0.25, 0.3) is 0 Å². The van der Waals surface area contributed by atoms with Crippen LogP contribution in [-0.2, 0) is 11.4 Å². The minimum atomic E-state index is -0.516. The van der Waals surface area contributed by atoms with Crippen molar-refractivity contribution in [3.05, 3.63) is 89.2 Å². The molecule has 0 bridgehead atoms. The molecule has 0 saturated heterocycles. The summed E-state index contributed by atoms with van der Waals surface area (Å²) in [6.45, 7) is 2.22. The summed E-state index contributed by atoms with van der Waals surface area (Å²) in [6.07, 6.45) is 0. The van der Waals surface area contributed by atoms with Gasteiger partial charge >= 0.3 is 0 Å². The fourth-order valence-electron chi connectivity index (χ4n) is 2.54. The maximum atomic E-state index is 13.1. The van der Waals surface area contributed by atoms with Gasteiger partial charge in [0.25, 0.3) is 0 Å². The van der Waals surface area contributed by atoms with E-state index in [1.807, 2.05) is 54.6 Å². The number of halogens is 2. The van der Waals surface area contributed by atoms with E-state index in [1.54, 1.807) is 6.92 Å². The van der Waals surface area contributed by atoms with Gasteiger partial charge in [-0.25, -0.2) is 4.39 Å². The van der Waals surface area contributed by atoms with Crippen molar-refractivity contribution in [1.82, 2.24) is 0 Å². The van der Waals surface area contributed by atoms with Crippen molar-refractivity contribution in [3.63, 3.8) is 0 Å². The Hall–Kier alpha value is -3.05. The first-order valence-electron chi connectivity index (χ1n) is 8.80. The summed E-state index contributed by atoms with van der Waals surface area (Å²) in [7, 11) is 0. The van der Waals surface area contributed by atoms with Crippen molar-refractivity contribution in [2.24, 2.45) is 0 Å². The largest absolute Gasteiger partial charge is 0.489 e. The van der Waals surface area contributed by atoms with E-state index >= 15 is 0 Å². The maximum absolute atomic E-state index is 13.1. The van der Waals surface area contributed by atoms with Gasteiger partial charge in [0.05, 0.1) is 10.7 Å². The van der Waals surface area contributed by atoms with Crippen molar-refractivity contribution in [2.45, 2.75) is 19.6 Å². The van der Waals surface area contributed by atoms with Gasteiger partial charge < -0.3 is 15.4 Å². The number of anilines is 2. The third-order valence-corrected chi connectivity index (χ3v) is 4.38. The summed E-state index contributed by atoms with van der Waals surface area (Å²) in [5, 5.41) is 5.94. The molecular formula is C22H20ClFN2O2. The molecule has 144 valence electrons. The SMILES string of the molecule is C[C@@H](Nc1ccc(OCc2ccccc2)cc1)C(=O)Nc1ccc(F)cc1Cl. The van der Waals surface area contributed by atoms with Gasteiger partial charge in [0.15, 0.2) is 0 Å². The summed E-state index contributed by atoms with van der Waals surface area (Å²) in [6, 6.07) is 20.6. The standard InChI is InChI=1S/C22H20ClFN2O2/c1-15(22(27)26-21-12-7-17(24)13-20(21)23)25-18-8-10-19(11-9-18)28-14-16-5-3-2-4-6-16/h2-13,15,25H,14H2,1H3,(H,26,27)/t15-/m1/s1. The topological polar surface area (TPSA) is 50.4 Å². The van der Waals surface area contributed by atoms with Crippen LogP contribution in [0.15, 0.2) is 72.8 Å². The van der Waals surface area contributed by atoms with Gasteiger partial charge in [0.2, 0.25) is 5.91 Å². The zero-order chi connectivity index (χ0) is 19.9. The predicted octanol–water partition coefficient (Wildman–Crippen LogP) is 5.50. The molecule has 1 amide bonds. The van der Waals surface area contributed by atoms with Gasteiger partial charge in [-0.15, -0.1) is 0 Å². The molecule has 0 spiro atoms. The lowest BCUT2D eigenvalue weighted by molar-refractivity contribution is -0.116. The highest BCUT2D eigenvalue weighted by molar-refractivity contribution is 6.33. The zero-order valence-corrected chi connectivity index (χ0v) is 16.0. The number of rotatable bonds is 7. The quantitative estimate of drug-likeness (QED) is 0.552. The third-order valence-electron chi connectivity index (χ3n) is 4.07. The second kappa shape index (κ2) is 9.24. The lowest BCUT2D eigenvalue weighted by atomic mass is 10.2. The number of hydrogen-bond donors (Lipinski definition) is 2. The van der Waals surface area contributed by atoms with Gasteiger partial charge in [0.1, 0.15) is 24.2 Å². The molecule has 0 unspecified atom stereocenters. The number of ether oxygens (including phenoxy) is 1.